The molecule has 0 spiro atoms. The van der Waals surface area contributed by atoms with Gasteiger partial charge in [0.1, 0.15) is 0 Å². The summed E-state index contributed by atoms with van der Waals surface area (Å²) in [5, 5.41) is 11.0. The van der Waals surface area contributed by atoms with Crippen molar-refractivity contribution in [2.75, 3.05) is 24.5 Å². The average molecular weight is 418 g/mol. The van der Waals surface area contributed by atoms with E-state index in [1.165, 1.54) is 10.5 Å². The summed E-state index contributed by atoms with van der Waals surface area (Å²) < 4.78 is 40.6. The smallest absolute Gasteiger partial charge is 0.355 e. The first-order valence-electron chi connectivity index (χ1n) is 9.76. The molecule has 1 fully saturated rings. The van der Waals surface area contributed by atoms with E-state index in [2.05, 4.69) is 20.5 Å². The van der Waals surface area contributed by atoms with Crippen LogP contribution in [0.1, 0.15) is 24.1 Å². The second-order valence-corrected chi connectivity index (χ2v) is 7.29. The van der Waals surface area contributed by atoms with Gasteiger partial charge in [0.25, 0.3) is 0 Å². The number of anilines is 1. The number of nitrogens with one attached hydrogen (secondary N) is 1. The Hall–Kier alpha value is -3.17. The fourth-order valence-corrected chi connectivity index (χ4v) is 3.64. The summed E-state index contributed by atoms with van der Waals surface area (Å²) in [4.78, 5) is 18.7. The minimum absolute atomic E-state index is 0.0690. The van der Waals surface area contributed by atoms with Gasteiger partial charge in [0.05, 0.1) is 11.5 Å². The van der Waals surface area contributed by atoms with E-state index in [-0.39, 0.29) is 11.8 Å². The van der Waals surface area contributed by atoms with Gasteiger partial charge in [-0.1, -0.05) is 6.07 Å². The van der Waals surface area contributed by atoms with Crippen LogP contribution in [0.4, 0.5) is 19.1 Å². The van der Waals surface area contributed by atoms with Crippen molar-refractivity contribution in [2.24, 2.45) is 5.92 Å². The number of alkyl halides is 3. The van der Waals surface area contributed by atoms with E-state index in [0.717, 1.165) is 30.8 Å². The second-order valence-electron chi connectivity index (χ2n) is 7.29. The zero-order chi connectivity index (χ0) is 21.1. The van der Waals surface area contributed by atoms with Crippen molar-refractivity contribution in [1.29, 1.82) is 0 Å². The average Bonchev–Trinajstić information content (AvgIpc) is 3.17. The maximum Gasteiger partial charge on any atom is 0.417 e. The van der Waals surface area contributed by atoms with E-state index >= 15 is 0 Å². The lowest BCUT2D eigenvalue weighted by molar-refractivity contribution is -0.137. The molecule has 1 aliphatic rings. The highest BCUT2D eigenvalue weighted by Crippen LogP contribution is 2.30. The molecule has 1 N–H and O–H groups in total. The predicted molar refractivity (Wildman–Crippen MR) is 104 cm³/mol. The van der Waals surface area contributed by atoms with Gasteiger partial charge in [0.2, 0.25) is 11.9 Å². The fraction of sp³-hybridized carbons (Fsp3) is 0.400. The molecule has 158 valence electrons. The van der Waals surface area contributed by atoms with Crippen molar-refractivity contribution in [3.8, 4) is 0 Å². The monoisotopic (exact) mass is 418 g/mol. The third-order valence-electron chi connectivity index (χ3n) is 5.19. The molecule has 0 aliphatic carbocycles. The number of aromatic nitrogens is 4. The first kappa shape index (κ1) is 20.1. The highest BCUT2D eigenvalue weighted by molar-refractivity contribution is 5.79. The molecule has 1 amide bonds. The number of amides is 1. The molecule has 3 aromatic rings. The van der Waals surface area contributed by atoms with Crippen LogP contribution in [0.3, 0.4) is 0 Å². The number of nitrogens with zero attached hydrogens (tertiary/aromatic N) is 5. The molecule has 4 heterocycles. The van der Waals surface area contributed by atoms with Gasteiger partial charge in [-0.15, -0.1) is 10.2 Å². The third kappa shape index (κ3) is 4.37. The first-order chi connectivity index (χ1) is 14.4. The van der Waals surface area contributed by atoms with Crippen molar-refractivity contribution in [3.63, 3.8) is 0 Å². The van der Waals surface area contributed by atoms with Crippen LogP contribution < -0.4 is 10.2 Å². The largest absolute Gasteiger partial charge is 0.417 e. The molecule has 3 aromatic heterocycles. The zero-order valence-electron chi connectivity index (χ0n) is 16.1. The van der Waals surface area contributed by atoms with E-state index < -0.39 is 11.7 Å². The Balaban J connectivity index is 1.43. The van der Waals surface area contributed by atoms with Crippen LogP contribution in [0, 0.1) is 5.92 Å². The van der Waals surface area contributed by atoms with Crippen molar-refractivity contribution in [1.82, 2.24) is 24.9 Å². The van der Waals surface area contributed by atoms with Gasteiger partial charge in [0.15, 0.2) is 5.65 Å². The van der Waals surface area contributed by atoms with E-state index in [9.17, 15) is 18.0 Å². The SMILES string of the molecule is O=C(NCCc1ccccn1)[C@H]1CCCN(c2nnc3ccc(C(F)(F)F)cn23)C1. The molecular weight excluding hydrogens is 397 g/mol. The maximum atomic E-state index is 13.1. The van der Waals surface area contributed by atoms with E-state index in [4.69, 9.17) is 0 Å². The van der Waals surface area contributed by atoms with Crippen LogP contribution in [0.25, 0.3) is 5.65 Å². The second kappa shape index (κ2) is 8.29. The van der Waals surface area contributed by atoms with Crippen LogP contribution in [0.15, 0.2) is 42.7 Å². The van der Waals surface area contributed by atoms with Crippen LogP contribution >= 0.6 is 0 Å². The number of carbonyl (C=O) groups excluding carboxylic acids is 1. The maximum absolute atomic E-state index is 13.1. The number of hydrogen-bond acceptors (Lipinski definition) is 5. The topological polar surface area (TPSA) is 75.4 Å². The van der Waals surface area contributed by atoms with Crippen molar-refractivity contribution in [3.05, 3.63) is 54.0 Å². The van der Waals surface area contributed by atoms with Crippen molar-refractivity contribution < 1.29 is 18.0 Å². The Bertz CT molecular complexity index is 1020. The van der Waals surface area contributed by atoms with E-state index in [1.807, 2.05) is 23.1 Å². The minimum Gasteiger partial charge on any atom is -0.355 e. The standard InChI is InChI=1S/C20H21F3N6O/c21-20(22,23)15-6-7-17-26-27-19(29(17)13-15)28-11-3-4-14(12-28)18(30)25-10-8-16-5-1-2-9-24-16/h1-2,5-7,9,13-14H,3-4,8,10-12H2,(H,25,30)/t14-/m0/s1. The van der Waals surface area contributed by atoms with Gasteiger partial charge in [0, 0.05) is 44.1 Å². The Labute approximate surface area is 170 Å². The normalized spacial score (nSPS) is 17.3. The molecule has 0 radical (unpaired) electrons. The highest BCUT2D eigenvalue weighted by Gasteiger charge is 2.32. The van der Waals surface area contributed by atoms with Gasteiger partial charge in [-0.05, 0) is 37.1 Å². The molecule has 30 heavy (non-hydrogen) atoms. The lowest BCUT2D eigenvalue weighted by atomic mass is 9.97. The Morgan fingerprint density at radius 2 is 2.07 bits per heavy atom. The van der Waals surface area contributed by atoms with Crippen LogP contribution in [-0.4, -0.2) is 45.1 Å². The molecule has 0 bridgehead atoms. The Kier molecular flexibility index (Phi) is 5.56. The Morgan fingerprint density at radius 1 is 1.20 bits per heavy atom. The van der Waals surface area contributed by atoms with E-state index in [0.29, 0.717) is 37.7 Å². The number of pyridine rings is 2. The predicted octanol–water partition coefficient (Wildman–Crippen LogP) is 2.72. The number of rotatable bonds is 5. The summed E-state index contributed by atoms with van der Waals surface area (Å²) in [6.07, 6.45) is 0.360. The molecule has 0 aromatic carbocycles. The number of fused-ring (bicyclic) bond motifs is 1. The summed E-state index contributed by atoms with van der Waals surface area (Å²) in [5.74, 6) is -0.0110. The summed E-state index contributed by atoms with van der Waals surface area (Å²) in [6.45, 7) is 1.47. The highest BCUT2D eigenvalue weighted by atomic mass is 19.4. The third-order valence-corrected chi connectivity index (χ3v) is 5.19. The number of piperidine rings is 1. The molecule has 0 unspecified atom stereocenters. The summed E-state index contributed by atoms with van der Waals surface area (Å²) in [5.41, 5.74) is 0.468. The summed E-state index contributed by atoms with van der Waals surface area (Å²) in [6, 6.07) is 7.92. The van der Waals surface area contributed by atoms with Crippen molar-refractivity contribution >= 4 is 17.5 Å². The molecule has 10 heteroatoms. The summed E-state index contributed by atoms with van der Waals surface area (Å²) >= 11 is 0. The van der Waals surface area contributed by atoms with Gasteiger partial charge >= 0.3 is 6.18 Å². The molecule has 0 saturated carbocycles. The molecule has 1 aliphatic heterocycles. The van der Waals surface area contributed by atoms with Crippen LogP contribution in [0.2, 0.25) is 0 Å². The molecular formula is C20H21F3N6O. The molecule has 1 saturated heterocycles. The van der Waals surface area contributed by atoms with Crippen molar-refractivity contribution in [2.45, 2.75) is 25.4 Å². The molecule has 7 nitrogen and oxygen atoms in total. The minimum atomic E-state index is -4.45. The number of halogens is 3. The quantitative estimate of drug-likeness (QED) is 0.690. The molecule has 1 atom stereocenters. The van der Waals surface area contributed by atoms with Gasteiger partial charge < -0.3 is 10.2 Å². The summed E-state index contributed by atoms with van der Waals surface area (Å²) in [7, 11) is 0. The number of hydrogen-bond donors (Lipinski definition) is 1. The lowest BCUT2D eigenvalue weighted by Crippen LogP contribution is -2.44. The zero-order valence-corrected chi connectivity index (χ0v) is 16.1. The van der Waals surface area contributed by atoms with E-state index in [1.54, 1.807) is 6.20 Å². The van der Waals surface area contributed by atoms with Crippen LogP contribution in [-0.2, 0) is 17.4 Å². The van der Waals surface area contributed by atoms with Gasteiger partial charge in [-0.25, -0.2) is 0 Å². The van der Waals surface area contributed by atoms with Gasteiger partial charge in [-0.3, -0.25) is 14.2 Å². The molecule has 4 rings (SSSR count). The Morgan fingerprint density at radius 3 is 2.83 bits per heavy atom. The fourth-order valence-electron chi connectivity index (χ4n) is 3.64. The van der Waals surface area contributed by atoms with Gasteiger partial charge in [-0.2, -0.15) is 13.2 Å². The number of carbonyl (C=O) groups is 1. The first-order valence-corrected chi connectivity index (χ1v) is 9.76. The lowest BCUT2D eigenvalue weighted by Gasteiger charge is -2.32. The van der Waals surface area contributed by atoms with Crippen LogP contribution in [0.5, 0.6) is 0 Å².